The summed E-state index contributed by atoms with van der Waals surface area (Å²) in [6.45, 7) is 7.29. The van der Waals surface area contributed by atoms with Gasteiger partial charge >= 0.3 is 0 Å². The lowest BCUT2D eigenvalue weighted by atomic mass is 9.90. The van der Waals surface area contributed by atoms with E-state index in [1.807, 2.05) is 13.8 Å². The van der Waals surface area contributed by atoms with Gasteiger partial charge in [-0.3, -0.25) is 14.2 Å². The second-order valence-electron chi connectivity index (χ2n) is 7.51. The van der Waals surface area contributed by atoms with Crippen LogP contribution < -0.4 is 10.9 Å². The third-order valence-corrected chi connectivity index (χ3v) is 7.66. The predicted octanol–water partition coefficient (Wildman–Crippen LogP) is 3.02. The fraction of sp³-hybridized carbons (Fsp3) is 0.579. The summed E-state index contributed by atoms with van der Waals surface area (Å²) in [6.07, 6.45) is 3.06. The molecule has 144 valence electrons. The molecule has 0 aromatic carbocycles. The monoisotopic (exact) mass is 404 g/mol. The van der Waals surface area contributed by atoms with Crippen molar-refractivity contribution in [2.45, 2.75) is 62.9 Å². The second kappa shape index (κ2) is 7.28. The van der Waals surface area contributed by atoms with E-state index in [2.05, 4.69) is 16.4 Å². The zero-order valence-electron chi connectivity index (χ0n) is 16.3. The maximum atomic E-state index is 12.9. The van der Waals surface area contributed by atoms with Gasteiger partial charge in [0.2, 0.25) is 5.91 Å². The molecule has 0 saturated heterocycles. The minimum Gasteiger partial charge on any atom is -0.337 e. The highest BCUT2D eigenvalue weighted by Gasteiger charge is 2.32. The standard InChI is InChI=1S/C19H24N4O2S2/c1-10(2)19(4,9-20)22-15(24)11(3)26-18-21-16-14(17(25)23(18)5)12-7-6-8-13(12)27-16/h10-11H,6-8H2,1-5H3,(H,22,24)/t11-,19-/m1/s1. The minimum absolute atomic E-state index is 0.0176. The fourth-order valence-electron chi connectivity index (χ4n) is 3.08. The Morgan fingerprint density at radius 2 is 2.11 bits per heavy atom. The summed E-state index contributed by atoms with van der Waals surface area (Å²) in [5.41, 5.74) is 0.190. The van der Waals surface area contributed by atoms with Gasteiger partial charge in [0.25, 0.3) is 5.56 Å². The molecule has 0 bridgehead atoms. The Morgan fingerprint density at radius 3 is 2.74 bits per heavy atom. The van der Waals surface area contributed by atoms with Gasteiger partial charge in [0.1, 0.15) is 10.4 Å². The number of carbonyl (C=O) groups is 1. The maximum Gasteiger partial charge on any atom is 0.262 e. The van der Waals surface area contributed by atoms with Crippen molar-refractivity contribution in [1.82, 2.24) is 14.9 Å². The summed E-state index contributed by atoms with van der Waals surface area (Å²) in [7, 11) is 1.70. The Bertz CT molecular complexity index is 1000. The van der Waals surface area contributed by atoms with Crippen molar-refractivity contribution in [3.05, 3.63) is 20.8 Å². The number of hydrogen-bond donors (Lipinski definition) is 1. The number of nitriles is 1. The quantitative estimate of drug-likeness (QED) is 0.611. The number of fused-ring (bicyclic) bond motifs is 3. The number of nitrogens with one attached hydrogen (secondary N) is 1. The van der Waals surface area contributed by atoms with Gasteiger partial charge in [-0.1, -0.05) is 25.6 Å². The molecule has 0 unspecified atom stereocenters. The predicted molar refractivity (Wildman–Crippen MR) is 109 cm³/mol. The number of carbonyl (C=O) groups excluding carboxylic acids is 1. The van der Waals surface area contributed by atoms with Crippen LogP contribution in [0.15, 0.2) is 9.95 Å². The van der Waals surface area contributed by atoms with E-state index in [-0.39, 0.29) is 17.4 Å². The van der Waals surface area contributed by atoms with Crippen LogP contribution in [0.2, 0.25) is 0 Å². The molecule has 2 heterocycles. The molecular formula is C19H24N4O2S2. The molecule has 0 fully saturated rings. The van der Waals surface area contributed by atoms with E-state index in [0.717, 1.165) is 35.0 Å². The molecular weight excluding hydrogens is 380 g/mol. The van der Waals surface area contributed by atoms with Gasteiger partial charge in [-0.2, -0.15) is 5.26 Å². The highest BCUT2D eigenvalue weighted by atomic mass is 32.2. The molecule has 1 aliphatic carbocycles. The van der Waals surface area contributed by atoms with Crippen molar-refractivity contribution in [1.29, 1.82) is 5.26 Å². The van der Waals surface area contributed by atoms with Crippen LogP contribution in [0, 0.1) is 17.2 Å². The Labute approximate surface area is 167 Å². The number of rotatable bonds is 5. The smallest absolute Gasteiger partial charge is 0.262 e. The lowest BCUT2D eigenvalue weighted by Gasteiger charge is -2.28. The summed E-state index contributed by atoms with van der Waals surface area (Å²) >= 11 is 2.84. The van der Waals surface area contributed by atoms with Gasteiger partial charge in [0.15, 0.2) is 5.16 Å². The number of aromatic nitrogens is 2. The van der Waals surface area contributed by atoms with Crippen molar-refractivity contribution in [3.8, 4) is 6.07 Å². The van der Waals surface area contributed by atoms with Crippen molar-refractivity contribution in [2.75, 3.05) is 0 Å². The number of hydrogen-bond acceptors (Lipinski definition) is 6. The Hall–Kier alpha value is -1.85. The van der Waals surface area contributed by atoms with Crippen LogP contribution >= 0.6 is 23.1 Å². The molecule has 2 aromatic rings. The first-order valence-electron chi connectivity index (χ1n) is 9.09. The van der Waals surface area contributed by atoms with E-state index in [4.69, 9.17) is 0 Å². The van der Waals surface area contributed by atoms with E-state index < -0.39 is 10.8 Å². The maximum absolute atomic E-state index is 12.9. The molecule has 1 N–H and O–H groups in total. The lowest BCUT2D eigenvalue weighted by Crippen LogP contribution is -2.51. The molecule has 8 heteroatoms. The van der Waals surface area contributed by atoms with Gasteiger partial charge < -0.3 is 5.32 Å². The van der Waals surface area contributed by atoms with Crippen LogP contribution in [0.25, 0.3) is 10.2 Å². The Morgan fingerprint density at radius 1 is 1.41 bits per heavy atom. The molecule has 0 spiro atoms. The van der Waals surface area contributed by atoms with Crippen LogP contribution in [0.1, 0.15) is 44.6 Å². The van der Waals surface area contributed by atoms with E-state index >= 15 is 0 Å². The number of amides is 1. The Kier molecular flexibility index (Phi) is 5.37. The SMILES string of the molecule is CC(C)[C@@](C)(C#N)NC(=O)[C@@H](C)Sc1nc2sc3c(c2c(=O)n1C)CCC3. The van der Waals surface area contributed by atoms with Gasteiger partial charge in [-0.25, -0.2) is 4.98 Å². The summed E-state index contributed by atoms with van der Waals surface area (Å²) in [4.78, 5) is 32.2. The second-order valence-corrected chi connectivity index (χ2v) is 9.91. The summed E-state index contributed by atoms with van der Waals surface area (Å²) < 4.78 is 1.54. The Balaban J connectivity index is 1.86. The summed E-state index contributed by atoms with van der Waals surface area (Å²) in [5.74, 6) is -0.253. The number of nitrogens with zero attached hydrogens (tertiary/aromatic N) is 3. The zero-order chi connectivity index (χ0) is 19.9. The molecule has 0 aliphatic heterocycles. The van der Waals surface area contributed by atoms with E-state index in [1.54, 1.807) is 32.2 Å². The van der Waals surface area contributed by atoms with Crippen LogP contribution in [0.3, 0.4) is 0 Å². The van der Waals surface area contributed by atoms with Crippen LogP contribution in [0.4, 0.5) is 0 Å². The molecule has 3 rings (SSSR count). The molecule has 2 atom stereocenters. The first kappa shape index (κ1) is 19.9. The average Bonchev–Trinajstić information content (AvgIpc) is 3.19. The van der Waals surface area contributed by atoms with Crippen molar-refractivity contribution < 1.29 is 4.79 Å². The minimum atomic E-state index is -0.927. The van der Waals surface area contributed by atoms with Gasteiger partial charge in [-0.15, -0.1) is 11.3 Å². The van der Waals surface area contributed by atoms with E-state index in [0.29, 0.717) is 5.16 Å². The lowest BCUT2D eigenvalue weighted by molar-refractivity contribution is -0.121. The zero-order valence-corrected chi connectivity index (χ0v) is 17.9. The fourth-order valence-corrected chi connectivity index (χ4v) is 5.26. The molecule has 0 saturated carbocycles. The van der Waals surface area contributed by atoms with Gasteiger partial charge in [-0.05, 0) is 44.6 Å². The topological polar surface area (TPSA) is 87.8 Å². The molecule has 1 aliphatic rings. The van der Waals surface area contributed by atoms with Crippen LogP contribution in [0.5, 0.6) is 0 Å². The molecule has 1 amide bonds. The highest BCUT2D eigenvalue weighted by molar-refractivity contribution is 8.00. The van der Waals surface area contributed by atoms with Crippen LogP contribution in [-0.4, -0.2) is 26.2 Å². The largest absolute Gasteiger partial charge is 0.337 e. The number of aryl methyl sites for hydroxylation is 2. The number of thioether (sulfide) groups is 1. The molecule has 27 heavy (non-hydrogen) atoms. The third-order valence-electron chi connectivity index (χ3n) is 5.33. The van der Waals surface area contributed by atoms with E-state index in [1.165, 1.54) is 21.2 Å². The number of thiophene rings is 1. The van der Waals surface area contributed by atoms with Gasteiger partial charge in [0.05, 0.1) is 16.7 Å². The highest BCUT2D eigenvalue weighted by Crippen LogP contribution is 2.35. The van der Waals surface area contributed by atoms with Crippen LogP contribution in [-0.2, 0) is 24.7 Å². The molecule has 0 radical (unpaired) electrons. The van der Waals surface area contributed by atoms with E-state index in [9.17, 15) is 14.9 Å². The third kappa shape index (κ3) is 3.50. The van der Waals surface area contributed by atoms with Crippen molar-refractivity contribution >= 4 is 39.2 Å². The first-order valence-corrected chi connectivity index (χ1v) is 10.8. The summed E-state index contributed by atoms with van der Waals surface area (Å²) in [6, 6.07) is 2.18. The van der Waals surface area contributed by atoms with Gasteiger partial charge in [0, 0.05) is 11.9 Å². The molecule has 6 nitrogen and oxygen atoms in total. The average molecular weight is 405 g/mol. The molecule has 2 aromatic heterocycles. The van der Waals surface area contributed by atoms with Crippen molar-refractivity contribution in [3.63, 3.8) is 0 Å². The first-order chi connectivity index (χ1) is 12.7. The summed E-state index contributed by atoms with van der Waals surface area (Å²) in [5, 5.41) is 13.0. The normalized spacial score (nSPS) is 16.8. The van der Waals surface area contributed by atoms with Crippen molar-refractivity contribution in [2.24, 2.45) is 13.0 Å².